The number of ether oxygens (including phenoxy) is 2. The highest BCUT2D eigenvalue weighted by Gasteiger charge is 2.15. The van der Waals surface area contributed by atoms with Crippen LogP contribution in [-0.4, -0.2) is 42.5 Å². The number of benzene rings is 2. The van der Waals surface area contributed by atoms with E-state index in [-0.39, 0.29) is 35.7 Å². The van der Waals surface area contributed by atoms with Crippen LogP contribution < -0.4 is 15.4 Å². The number of esters is 1. The maximum atomic E-state index is 12.1. The molecule has 0 fully saturated rings. The van der Waals surface area contributed by atoms with E-state index in [9.17, 15) is 33.3 Å². The van der Waals surface area contributed by atoms with Crippen LogP contribution in [0.1, 0.15) is 16.8 Å². The Kier molecular flexibility index (Phi) is 8.37. The van der Waals surface area contributed by atoms with E-state index in [1.807, 2.05) is 5.32 Å². The molecular formula is C19H17F2N3O7. The zero-order valence-corrected chi connectivity index (χ0v) is 15.9. The lowest BCUT2D eigenvalue weighted by molar-refractivity contribution is -0.384. The molecule has 31 heavy (non-hydrogen) atoms. The summed E-state index contributed by atoms with van der Waals surface area (Å²) in [6.45, 7) is -3.70. The Balaban J connectivity index is 1.72. The quantitative estimate of drug-likeness (QED) is 0.329. The van der Waals surface area contributed by atoms with Crippen LogP contribution in [0.4, 0.5) is 20.2 Å². The molecule has 0 heterocycles. The average Bonchev–Trinajstić information content (AvgIpc) is 2.72. The molecule has 10 nitrogen and oxygen atoms in total. The van der Waals surface area contributed by atoms with E-state index < -0.39 is 35.9 Å². The van der Waals surface area contributed by atoms with Crippen molar-refractivity contribution in [2.45, 2.75) is 13.0 Å². The summed E-state index contributed by atoms with van der Waals surface area (Å²) >= 11 is 0. The second kappa shape index (κ2) is 11.2. The predicted molar refractivity (Wildman–Crippen MR) is 103 cm³/mol. The fourth-order valence-electron chi connectivity index (χ4n) is 2.32. The Labute approximate surface area is 174 Å². The highest BCUT2D eigenvalue weighted by Crippen LogP contribution is 2.22. The van der Waals surface area contributed by atoms with Crippen molar-refractivity contribution in [2.75, 3.05) is 18.5 Å². The van der Waals surface area contributed by atoms with Crippen LogP contribution in [0.15, 0.2) is 48.5 Å². The van der Waals surface area contributed by atoms with Gasteiger partial charge >= 0.3 is 12.6 Å². The number of anilines is 1. The van der Waals surface area contributed by atoms with E-state index in [0.717, 1.165) is 12.1 Å². The molecule has 0 unspecified atom stereocenters. The van der Waals surface area contributed by atoms with Gasteiger partial charge in [-0.15, -0.1) is 0 Å². The Hall–Kier alpha value is -4.09. The summed E-state index contributed by atoms with van der Waals surface area (Å²) in [5, 5.41) is 15.6. The number of nitro benzene ring substituents is 1. The largest absolute Gasteiger partial charge is 0.456 e. The number of nitrogens with zero attached hydrogens (tertiary/aromatic N) is 1. The summed E-state index contributed by atoms with van der Waals surface area (Å²) in [5.41, 5.74) is 0.0890. The maximum Gasteiger partial charge on any atom is 0.387 e. The van der Waals surface area contributed by atoms with Crippen LogP contribution in [0.3, 0.4) is 0 Å². The zero-order chi connectivity index (χ0) is 22.8. The summed E-state index contributed by atoms with van der Waals surface area (Å²) in [7, 11) is 0. The summed E-state index contributed by atoms with van der Waals surface area (Å²) in [4.78, 5) is 45.7. The number of hydrogen-bond donors (Lipinski definition) is 2. The number of carbonyl (C=O) groups is 3. The maximum absolute atomic E-state index is 12.1. The second-order valence-corrected chi connectivity index (χ2v) is 5.89. The summed E-state index contributed by atoms with van der Waals surface area (Å²) < 4.78 is 33.1. The van der Waals surface area contributed by atoms with Crippen LogP contribution in [0.2, 0.25) is 0 Å². The molecule has 0 bridgehead atoms. The Morgan fingerprint density at radius 3 is 2.39 bits per heavy atom. The van der Waals surface area contributed by atoms with Crippen LogP contribution in [0.25, 0.3) is 0 Å². The Bertz CT molecular complexity index is 952. The second-order valence-electron chi connectivity index (χ2n) is 5.89. The normalized spacial score (nSPS) is 10.3. The van der Waals surface area contributed by atoms with Gasteiger partial charge in [0.15, 0.2) is 6.61 Å². The minimum Gasteiger partial charge on any atom is -0.456 e. The lowest BCUT2D eigenvalue weighted by Gasteiger charge is -2.08. The average molecular weight is 437 g/mol. The van der Waals surface area contributed by atoms with Crippen LogP contribution in [0, 0.1) is 10.1 Å². The minimum absolute atomic E-state index is 0.00921. The number of imide groups is 1. The van der Waals surface area contributed by atoms with Gasteiger partial charge in [0.2, 0.25) is 0 Å². The molecule has 0 atom stereocenters. The Morgan fingerprint density at radius 1 is 1.06 bits per heavy atom. The molecule has 164 valence electrons. The lowest BCUT2D eigenvalue weighted by atomic mass is 10.2. The number of nitro groups is 1. The van der Waals surface area contributed by atoms with Crippen molar-refractivity contribution in [3.05, 3.63) is 64.2 Å². The van der Waals surface area contributed by atoms with Gasteiger partial charge in [0.25, 0.3) is 17.5 Å². The number of amides is 2. The first kappa shape index (κ1) is 23.2. The van der Waals surface area contributed by atoms with E-state index in [1.165, 1.54) is 30.3 Å². The van der Waals surface area contributed by atoms with Crippen molar-refractivity contribution in [1.82, 2.24) is 5.32 Å². The van der Waals surface area contributed by atoms with Crippen LogP contribution >= 0.6 is 0 Å². The number of halogens is 2. The molecule has 0 radical (unpaired) electrons. The van der Waals surface area contributed by atoms with E-state index >= 15 is 0 Å². The molecular weight excluding hydrogens is 420 g/mol. The van der Waals surface area contributed by atoms with Gasteiger partial charge in [-0.3, -0.25) is 29.8 Å². The van der Waals surface area contributed by atoms with E-state index in [4.69, 9.17) is 4.74 Å². The molecule has 0 saturated heterocycles. The molecule has 0 aliphatic carbocycles. The molecule has 12 heteroatoms. The fraction of sp³-hybridized carbons (Fsp3) is 0.211. The molecule has 0 aliphatic heterocycles. The molecule has 0 aromatic heterocycles. The third kappa shape index (κ3) is 7.68. The number of nitrogens with one attached hydrogen (secondary N) is 2. The van der Waals surface area contributed by atoms with Crippen molar-refractivity contribution in [2.24, 2.45) is 0 Å². The SMILES string of the molecule is O=C(COC(=O)CCNc1ccccc1[N+](=O)[O-])NC(=O)c1ccc(OC(F)F)cc1. The van der Waals surface area contributed by atoms with Gasteiger partial charge in [-0.2, -0.15) is 8.78 Å². The molecule has 0 spiro atoms. The standard InChI is InChI=1S/C19H17F2N3O7/c20-19(21)31-13-7-5-12(6-8-13)18(27)23-16(25)11-30-17(26)9-10-22-14-3-1-2-4-15(14)24(28)29/h1-8,19,22H,9-11H2,(H,23,25,27). The minimum atomic E-state index is -3.01. The van der Waals surface area contributed by atoms with Crippen molar-refractivity contribution >= 4 is 29.2 Å². The Morgan fingerprint density at radius 2 is 1.74 bits per heavy atom. The molecule has 2 N–H and O–H groups in total. The lowest BCUT2D eigenvalue weighted by Crippen LogP contribution is -2.34. The molecule has 2 aromatic carbocycles. The first-order chi connectivity index (χ1) is 14.8. The number of hydrogen-bond acceptors (Lipinski definition) is 8. The van der Waals surface area contributed by atoms with E-state index in [2.05, 4.69) is 10.1 Å². The van der Waals surface area contributed by atoms with Gasteiger partial charge < -0.3 is 14.8 Å². The van der Waals surface area contributed by atoms with Gasteiger partial charge in [0.1, 0.15) is 11.4 Å². The first-order valence-corrected chi connectivity index (χ1v) is 8.78. The van der Waals surface area contributed by atoms with Gasteiger partial charge in [-0.25, -0.2) is 0 Å². The molecule has 0 saturated carbocycles. The van der Waals surface area contributed by atoms with Gasteiger partial charge in [0.05, 0.1) is 11.3 Å². The van der Waals surface area contributed by atoms with Crippen molar-refractivity contribution in [3.8, 4) is 5.75 Å². The smallest absolute Gasteiger partial charge is 0.387 e. The van der Waals surface area contributed by atoms with Crippen LogP contribution in [0.5, 0.6) is 5.75 Å². The highest BCUT2D eigenvalue weighted by atomic mass is 19.3. The number of alkyl halides is 2. The highest BCUT2D eigenvalue weighted by molar-refractivity contribution is 6.05. The third-order valence-electron chi connectivity index (χ3n) is 3.70. The number of para-hydroxylation sites is 2. The first-order valence-electron chi connectivity index (χ1n) is 8.78. The zero-order valence-electron chi connectivity index (χ0n) is 15.9. The van der Waals surface area contributed by atoms with Crippen molar-refractivity contribution in [1.29, 1.82) is 0 Å². The summed E-state index contributed by atoms with van der Waals surface area (Å²) in [5.74, 6) is -2.62. The number of carbonyl (C=O) groups excluding carboxylic acids is 3. The topological polar surface area (TPSA) is 137 Å². The van der Waals surface area contributed by atoms with Crippen LogP contribution in [-0.2, 0) is 14.3 Å². The van der Waals surface area contributed by atoms with E-state index in [1.54, 1.807) is 6.07 Å². The monoisotopic (exact) mass is 437 g/mol. The fourth-order valence-corrected chi connectivity index (χ4v) is 2.32. The number of rotatable bonds is 10. The van der Waals surface area contributed by atoms with Gasteiger partial charge in [-0.1, -0.05) is 12.1 Å². The molecule has 2 aromatic rings. The van der Waals surface area contributed by atoms with Crippen molar-refractivity contribution in [3.63, 3.8) is 0 Å². The van der Waals surface area contributed by atoms with E-state index in [0.29, 0.717) is 0 Å². The summed E-state index contributed by atoms with van der Waals surface area (Å²) in [6.07, 6.45) is -0.182. The van der Waals surface area contributed by atoms with Gasteiger partial charge in [-0.05, 0) is 30.3 Å². The van der Waals surface area contributed by atoms with Crippen molar-refractivity contribution < 1.29 is 37.6 Å². The van der Waals surface area contributed by atoms with Gasteiger partial charge in [0, 0.05) is 18.2 Å². The summed E-state index contributed by atoms with van der Waals surface area (Å²) in [6, 6.07) is 10.5. The predicted octanol–water partition coefficient (Wildman–Crippen LogP) is 2.50. The molecule has 2 amide bonds. The molecule has 0 aliphatic rings. The third-order valence-corrected chi connectivity index (χ3v) is 3.70. The molecule has 2 rings (SSSR count).